The maximum absolute atomic E-state index is 11.2. The lowest BCUT2D eigenvalue weighted by Crippen LogP contribution is -2.28. The number of esters is 1. The van der Waals surface area contributed by atoms with E-state index in [4.69, 9.17) is 0 Å². The molecule has 0 unspecified atom stereocenters. The largest absolute Gasteiger partial charge is 0.466 e. The lowest BCUT2D eigenvalue weighted by Gasteiger charge is -2.18. The van der Waals surface area contributed by atoms with E-state index in [9.17, 15) is 14.9 Å². The molecule has 0 bridgehead atoms. The summed E-state index contributed by atoms with van der Waals surface area (Å²) < 4.78 is 4.49. The van der Waals surface area contributed by atoms with Crippen molar-refractivity contribution in [3.8, 4) is 0 Å². The number of ether oxygens (including phenoxy) is 1. The number of carbonyl (C=O) groups excluding carboxylic acids is 1. The molecule has 0 aliphatic heterocycles. The van der Waals surface area contributed by atoms with E-state index in [1.165, 1.54) is 25.3 Å². The molecule has 0 amide bonds. The van der Waals surface area contributed by atoms with Gasteiger partial charge in [-0.15, -0.1) is 0 Å². The van der Waals surface area contributed by atoms with E-state index in [1.54, 1.807) is 12.1 Å². The lowest BCUT2D eigenvalue weighted by molar-refractivity contribution is -0.384. The predicted octanol–water partition coefficient (Wildman–Crippen LogP) is 3.56. The highest BCUT2D eigenvalue weighted by Gasteiger charge is 2.14. The van der Waals surface area contributed by atoms with Crippen LogP contribution < -0.4 is 5.32 Å². The maximum atomic E-state index is 11.2. The topological polar surface area (TPSA) is 84.7 Å². The molecule has 1 rings (SSSR count). The van der Waals surface area contributed by atoms with E-state index in [1.807, 2.05) is 13.8 Å². The Morgan fingerprint density at radius 1 is 1.32 bits per heavy atom. The smallest absolute Gasteiger partial charge is 0.330 e. The van der Waals surface area contributed by atoms with Crippen molar-refractivity contribution in [3.63, 3.8) is 0 Å². The molecular formula is C18H29N3O4. The molecule has 0 heterocycles. The molecule has 1 aromatic carbocycles. The third-order valence-corrected chi connectivity index (χ3v) is 3.47. The third kappa shape index (κ3) is 8.30. The van der Waals surface area contributed by atoms with Gasteiger partial charge in [0.1, 0.15) is 5.69 Å². The molecule has 0 aliphatic carbocycles. The van der Waals surface area contributed by atoms with Gasteiger partial charge >= 0.3 is 5.97 Å². The molecule has 0 saturated carbocycles. The molecule has 140 valence electrons. The monoisotopic (exact) mass is 351 g/mol. The second-order valence-electron chi connectivity index (χ2n) is 4.84. The zero-order valence-electron chi connectivity index (χ0n) is 15.7. The van der Waals surface area contributed by atoms with Crippen LogP contribution in [0.15, 0.2) is 24.3 Å². The van der Waals surface area contributed by atoms with Crippen molar-refractivity contribution in [3.05, 3.63) is 40.0 Å². The fraction of sp³-hybridized carbons (Fsp3) is 0.500. The SMILES string of the molecule is CC.CCN(CC)CCNc1ccc(/C=C/C(=O)OC)cc1[N+](=O)[O-]. The average molecular weight is 351 g/mol. The number of hydrogen-bond donors (Lipinski definition) is 1. The van der Waals surface area contributed by atoms with Crippen molar-refractivity contribution in [1.82, 2.24) is 4.90 Å². The molecule has 0 aliphatic rings. The zero-order chi connectivity index (χ0) is 19.2. The van der Waals surface area contributed by atoms with Gasteiger partial charge in [0.05, 0.1) is 12.0 Å². The number of anilines is 1. The summed E-state index contributed by atoms with van der Waals surface area (Å²) in [5.74, 6) is -0.505. The molecule has 0 spiro atoms. The van der Waals surface area contributed by atoms with Gasteiger partial charge in [0.2, 0.25) is 0 Å². The van der Waals surface area contributed by atoms with Gasteiger partial charge in [0, 0.05) is 25.2 Å². The summed E-state index contributed by atoms with van der Waals surface area (Å²) in [4.78, 5) is 24.1. The van der Waals surface area contributed by atoms with Gasteiger partial charge < -0.3 is 15.0 Å². The summed E-state index contributed by atoms with van der Waals surface area (Å²) in [5.41, 5.74) is 1.02. The van der Waals surface area contributed by atoms with Gasteiger partial charge in [-0.1, -0.05) is 33.8 Å². The first-order valence-corrected chi connectivity index (χ1v) is 8.52. The molecule has 0 fully saturated rings. The van der Waals surface area contributed by atoms with Crippen molar-refractivity contribution in [2.24, 2.45) is 0 Å². The second-order valence-corrected chi connectivity index (χ2v) is 4.84. The molecule has 25 heavy (non-hydrogen) atoms. The van der Waals surface area contributed by atoms with Crippen LogP contribution in [0.25, 0.3) is 6.08 Å². The first-order valence-electron chi connectivity index (χ1n) is 8.52. The summed E-state index contributed by atoms with van der Waals surface area (Å²) >= 11 is 0. The van der Waals surface area contributed by atoms with E-state index >= 15 is 0 Å². The number of nitrogens with one attached hydrogen (secondary N) is 1. The summed E-state index contributed by atoms with van der Waals surface area (Å²) in [5, 5.41) is 14.3. The minimum atomic E-state index is -0.505. The van der Waals surface area contributed by atoms with Crippen LogP contribution in [0.5, 0.6) is 0 Å². The van der Waals surface area contributed by atoms with Crippen LogP contribution in [0.1, 0.15) is 33.3 Å². The Morgan fingerprint density at radius 3 is 2.48 bits per heavy atom. The van der Waals surface area contributed by atoms with Crippen LogP contribution in [0.3, 0.4) is 0 Å². The van der Waals surface area contributed by atoms with Gasteiger partial charge in [-0.05, 0) is 30.8 Å². The average Bonchev–Trinajstić information content (AvgIpc) is 2.65. The van der Waals surface area contributed by atoms with Crippen LogP contribution in [0, 0.1) is 10.1 Å². The molecule has 7 heteroatoms. The summed E-state index contributed by atoms with van der Waals surface area (Å²) in [6.07, 6.45) is 2.71. The Labute approximate surface area is 149 Å². The van der Waals surface area contributed by atoms with Crippen molar-refractivity contribution in [1.29, 1.82) is 0 Å². The van der Waals surface area contributed by atoms with Crippen molar-refractivity contribution in [2.45, 2.75) is 27.7 Å². The number of nitro groups is 1. The van der Waals surface area contributed by atoms with Crippen LogP contribution in [0.4, 0.5) is 11.4 Å². The van der Waals surface area contributed by atoms with Crippen LogP contribution in [0.2, 0.25) is 0 Å². The minimum absolute atomic E-state index is 0.0171. The summed E-state index contributed by atoms with van der Waals surface area (Å²) in [7, 11) is 1.28. The number of carbonyl (C=O) groups is 1. The normalized spacial score (nSPS) is 10.3. The number of nitro benzene ring substituents is 1. The number of nitrogens with zero attached hydrogens (tertiary/aromatic N) is 2. The van der Waals surface area contributed by atoms with E-state index in [2.05, 4.69) is 28.8 Å². The predicted molar refractivity (Wildman–Crippen MR) is 102 cm³/mol. The Balaban J connectivity index is 0.00000277. The Bertz CT molecular complexity index is 569. The van der Waals surface area contributed by atoms with Gasteiger partial charge in [0.25, 0.3) is 5.69 Å². The van der Waals surface area contributed by atoms with Gasteiger partial charge in [-0.2, -0.15) is 0 Å². The number of rotatable bonds is 9. The van der Waals surface area contributed by atoms with Crippen LogP contribution in [-0.4, -0.2) is 49.1 Å². The molecule has 1 N–H and O–H groups in total. The van der Waals surface area contributed by atoms with Gasteiger partial charge in [-0.25, -0.2) is 4.79 Å². The fourth-order valence-electron chi connectivity index (χ4n) is 2.07. The Hall–Kier alpha value is -2.41. The first-order chi connectivity index (χ1) is 12.0. The number of methoxy groups -OCH3 is 1. The van der Waals surface area contributed by atoms with Crippen LogP contribution >= 0.6 is 0 Å². The molecule has 0 saturated heterocycles. The number of benzene rings is 1. The van der Waals surface area contributed by atoms with Crippen molar-refractivity contribution >= 4 is 23.4 Å². The van der Waals surface area contributed by atoms with E-state index < -0.39 is 10.9 Å². The summed E-state index contributed by atoms with van der Waals surface area (Å²) in [6, 6.07) is 4.79. The molecule has 0 radical (unpaired) electrons. The zero-order valence-corrected chi connectivity index (χ0v) is 15.7. The van der Waals surface area contributed by atoms with E-state index in [0.717, 1.165) is 19.6 Å². The quantitative estimate of drug-likeness (QED) is 0.317. The number of likely N-dealkylation sites (N-methyl/N-ethyl adjacent to an activating group) is 1. The summed E-state index contributed by atoms with van der Waals surface area (Å²) in [6.45, 7) is 11.5. The molecule has 0 atom stereocenters. The van der Waals surface area contributed by atoms with Gasteiger partial charge in [0.15, 0.2) is 0 Å². The van der Waals surface area contributed by atoms with Crippen molar-refractivity contribution < 1.29 is 14.5 Å². The molecular weight excluding hydrogens is 322 g/mol. The van der Waals surface area contributed by atoms with E-state index in [-0.39, 0.29) is 5.69 Å². The number of hydrogen-bond acceptors (Lipinski definition) is 6. The second kappa shape index (κ2) is 12.9. The van der Waals surface area contributed by atoms with E-state index in [0.29, 0.717) is 17.8 Å². The Morgan fingerprint density at radius 2 is 1.96 bits per heavy atom. The van der Waals surface area contributed by atoms with Crippen LogP contribution in [-0.2, 0) is 9.53 Å². The maximum Gasteiger partial charge on any atom is 0.330 e. The minimum Gasteiger partial charge on any atom is -0.466 e. The van der Waals surface area contributed by atoms with Gasteiger partial charge in [-0.3, -0.25) is 10.1 Å². The lowest BCUT2D eigenvalue weighted by atomic mass is 10.1. The molecule has 1 aromatic rings. The fourth-order valence-corrected chi connectivity index (χ4v) is 2.07. The van der Waals surface area contributed by atoms with Crippen molar-refractivity contribution in [2.75, 3.05) is 38.6 Å². The molecule has 0 aromatic heterocycles. The molecule has 7 nitrogen and oxygen atoms in total. The first kappa shape index (κ1) is 22.6. The Kier molecular flexibility index (Phi) is 11.7. The third-order valence-electron chi connectivity index (χ3n) is 3.47. The highest BCUT2D eigenvalue weighted by atomic mass is 16.6. The highest BCUT2D eigenvalue weighted by Crippen LogP contribution is 2.26. The highest BCUT2D eigenvalue weighted by molar-refractivity contribution is 5.87. The standard InChI is InChI=1S/C16H23N3O4.C2H6/c1-4-18(5-2)11-10-17-14-8-6-13(7-9-16(20)23-3)12-15(14)19(21)22;1-2/h6-9,12,17H,4-5,10-11H2,1-3H3;1-2H3/b9-7+;.